The Morgan fingerprint density at radius 3 is 2.67 bits per heavy atom. The van der Waals surface area contributed by atoms with E-state index < -0.39 is 4.92 Å². The SMILES string of the molecule is Cc1ccc(N)c(C(=O)CBr)c1[N+](=O)[O-]. The monoisotopic (exact) mass is 272 g/mol. The first-order chi connectivity index (χ1) is 6.99. The molecular weight excluding hydrogens is 264 g/mol. The van der Waals surface area contributed by atoms with Gasteiger partial charge in [0.15, 0.2) is 5.78 Å². The molecule has 1 aromatic rings. The van der Waals surface area contributed by atoms with Gasteiger partial charge in [0.1, 0.15) is 5.56 Å². The van der Waals surface area contributed by atoms with Crippen LogP contribution in [0.25, 0.3) is 0 Å². The molecule has 5 nitrogen and oxygen atoms in total. The molecule has 0 heterocycles. The number of anilines is 1. The van der Waals surface area contributed by atoms with Crippen molar-refractivity contribution in [3.05, 3.63) is 33.4 Å². The Morgan fingerprint density at radius 1 is 1.60 bits per heavy atom. The maximum atomic E-state index is 11.5. The lowest BCUT2D eigenvalue weighted by molar-refractivity contribution is -0.385. The minimum atomic E-state index is -0.582. The topological polar surface area (TPSA) is 86.2 Å². The summed E-state index contributed by atoms with van der Waals surface area (Å²) in [5.74, 6) is -0.386. The third kappa shape index (κ3) is 2.15. The number of nitro groups is 1. The van der Waals surface area contributed by atoms with E-state index in [1.807, 2.05) is 0 Å². The molecule has 0 atom stereocenters. The van der Waals surface area contributed by atoms with Crippen LogP contribution in [0.2, 0.25) is 0 Å². The number of nitrogens with two attached hydrogens (primary N) is 1. The van der Waals surface area contributed by atoms with Gasteiger partial charge in [0.2, 0.25) is 0 Å². The predicted octanol–water partition coefficient (Wildman–Crippen LogP) is 2.06. The summed E-state index contributed by atoms with van der Waals surface area (Å²) in [7, 11) is 0. The second-order valence-electron chi connectivity index (χ2n) is 3.01. The minimum absolute atomic E-state index is 0.0154. The first kappa shape index (κ1) is 11.6. The van der Waals surface area contributed by atoms with Crippen LogP contribution < -0.4 is 5.73 Å². The molecule has 0 radical (unpaired) electrons. The highest BCUT2D eigenvalue weighted by atomic mass is 79.9. The summed E-state index contributed by atoms with van der Waals surface area (Å²) in [4.78, 5) is 21.7. The molecule has 1 aromatic carbocycles. The van der Waals surface area contributed by atoms with E-state index in [1.54, 1.807) is 6.92 Å². The maximum Gasteiger partial charge on any atom is 0.285 e. The van der Waals surface area contributed by atoms with E-state index in [0.717, 1.165) is 0 Å². The van der Waals surface area contributed by atoms with Crippen molar-refractivity contribution >= 4 is 33.1 Å². The number of alkyl halides is 1. The van der Waals surface area contributed by atoms with Crippen molar-refractivity contribution in [3.8, 4) is 0 Å². The Balaban J connectivity index is 3.52. The second kappa shape index (κ2) is 4.39. The highest BCUT2D eigenvalue weighted by Crippen LogP contribution is 2.29. The molecule has 0 unspecified atom stereocenters. The van der Waals surface area contributed by atoms with Crippen LogP contribution in [0.5, 0.6) is 0 Å². The van der Waals surface area contributed by atoms with Gasteiger partial charge in [0.05, 0.1) is 10.3 Å². The number of ketones is 1. The molecule has 0 aromatic heterocycles. The van der Waals surface area contributed by atoms with Gasteiger partial charge in [-0.2, -0.15) is 0 Å². The second-order valence-corrected chi connectivity index (χ2v) is 3.57. The van der Waals surface area contributed by atoms with Crippen molar-refractivity contribution in [3.63, 3.8) is 0 Å². The summed E-state index contributed by atoms with van der Waals surface area (Å²) in [5.41, 5.74) is 5.90. The Kier molecular flexibility index (Phi) is 3.41. The summed E-state index contributed by atoms with van der Waals surface area (Å²) in [6.45, 7) is 1.57. The largest absolute Gasteiger partial charge is 0.398 e. The van der Waals surface area contributed by atoms with E-state index in [9.17, 15) is 14.9 Å². The van der Waals surface area contributed by atoms with E-state index in [4.69, 9.17) is 5.73 Å². The number of nitrogens with zero attached hydrogens (tertiary/aromatic N) is 1. The number of hydrogen-bond acceptors (Lipinski definition) is 4. The van der Waals surface area contributed by atoms with Crippen LogP contribution in [-0.4, -0.2) is 16.0 Å². The smallest absolute Gasteiger partial charge is 0.285 e. The molecule has 0 aliphatic heterocycles. The number of aryl methyl sites for hydroxylation is 1. The minimum Gasteiger partial charge on any atom is -0.398 e. The Hall–Kier alpha value is -1.43. The zero-order chi connectivity index (χ0) is 11.6. The Bertz CT molecular complexity index is 432. The number of carbonyl (C=O) groups excluding carboxylic acids is 1. The lowest BCUT2D eigenvalue weighted by atomic mass is 10.0. The van der Waals surface area contributed by atoms with E-state index in [2.05, 4.69) is 15.9 Å². The van der Waals surface area contributed by atoms with Crippen LogP contribution in [0.3, 0.4) is 0 Å². The van der Waals surface area contributed by atoms with Crippen molar-refractivity contribution in [2.75, 3.05) is 11.1 Å². The molecule has 6 heteroatoms. The van der Waals surface area contributed by atoms with E-state index in [-0.39, 0.29) is 28.1 Å². The zero-order valence-electron chi connectivity index (χ0n) is 7.99. The standard InChI is InChI=1S/C9H9BrN2O3/c1-5-2-3-6(11)8(7(13)4-10)9(5)12(14)15/h2-3H,4,11H2,1H3. The number of Topliss-reactive ketones (excluding diaryl/α,β-unsaturated/α-hetero) is 1. The molecule has 0 amide bonds. The van der Waals surface area contributed by atoms with Crippen LogP contribution in [0, 0.1) is 17.0 Å². The van der Waals surface area contributed by atoms with Crippen LogP contribution in [-0.2, 0) is 0 Å². The van der Waals surface area contributed by atoms with Crippen LogP contribution in [0.1, 0.15) is 15.9 Å². The molecule has 0 saturated carbocycles. The number of nitro benzene ring substituents is 1. The van der Waals surface area contributed by atoms with Gasteiger partial charge in [-0.25, -0.2) is 0 Å². The molecule has 15 heavy (non-hydrogen) atoms. The number of nitrogen functional groups attached to an aromatic ring is 1. The van der Waals surface area contributed by atoms with Crippen molar-refractivity contribution in [2.45, 2.75) is 6.92 Å². The third-order valence-corrected chi connectivity index (χ3v) is 2.50. The fraction of sp³-hybridized carbons (Fsp3) is 0.222. The molecule has 0 bridgehead atoms. The molecule has 2 N–H and O–H groups in total. The molecule has 0 aliphatic rings. The molecule has 0 aliphatic carbocycles. The molecule has 1 rings (SSSR count). The quantitative estimate of drug-likeness (QED) is 0.300. The molecule has 80 valence electrons. The normalized spacial score (nSPS) is 10.0. The van der Waals surface area contributed by atoms with Gasteiger partial charge in [-0.05, 0) is 13.0 Å². The number of carbonyl (C=O) groups is 1. The highest BCUT2D eigenvalue weighted by Gasteiger charge is 2.24. The van der Waals surface area contributed by atoms with E-state index >= 15 is 0 Å². The van der Waals surface area contributed by atoms with Gasteiger partial charge >= 0.3 is 0 Å². The van der Waals surface area contributed by atoms with Gasteiger partial charge in [-0.15, -0.1) is 0 Å². The highest BCUT2D eigenvalue weighted by molar-refractivity contribution is 9.09. The van der Waals surface area contributed by atoms with Crippen molar-refractivity contribution in [2.24, 2.45) is 0 Å². The number of benzene rings is 1. The summed E-state index contributed by atoms with van der Waals surface area (Å²) < 4.78 is 0. The predicted molar refractivity (Wildman–Crippen MR) is 60.4 cm³/mol. The fourth-order valence-corrected chi connectivity index (χ4v) is 1.59. The van der Waals surface area contributed by atoms with Gasteiger partial charge in [-0.1, -0.05) is 22.0 Å². The lowest BCUT2D eigenvalue weighted by Crippen LogP contribution is -2.09. The van der Waals surface area contributed by atoms with Crippen LogP contribution in [0.4, 0.5) is 11.4 Å². The Morgan fingerprint density at radius 2 is 2.20 bits per heavy atom. The summed E-state index contributed by atoms with van der Waals surface area (Å²) in [6.07, 6.45) is 0. The van der Waals surface area contributed by atoms with Gasteiger partial charge < -0.3 is 5.73 Å². The Labute approximate surface area is 94.5 Å². The lowest BCUT2D eigenvalue weighted by Gasteiger charge is -2.06. The number of rotatable bonds is 3. The molecule has 0 saturated heterocycles. The van der Waals surface area contributed by atoms with Gasteiger partial charge in [0.25, 0.3) is 5.69 Å². The number of hydrogen-bond donors (Lipinski definition) is 1. The van der Waals surface area contributed by atoms with Crippen LogP contribution >= 0.6 is 15.9 Å². The number of halogens is 1. The summed E-state index contributed by atoms with van der Waals surface area (Å²) in [5, 5.41) is 10.8. The maximum absolute atomic E-state index is 11.5. The first-order valence-corrected chi connectivity index (χ1v) is 5.23. The average molecular weight is 273 g/mol. The van der Waals surface area contributed by atoms with Gasteiger partial charge in [0, 0.05) is 11.3 Å². The third-order valence-electron chi connectivity index (χ3n) is 1.99. The van der Waals surface area contributed by atoms with Crippen molar-refractivity contribution in [1.82, 2.24) is 0 Å². The van der Waals surface area contributed by atoms with E-state index in [1.165, 1.54) is 12.1 Å². The molecular formula is C9H9BrN2O3. The molecule has 0 spiro atoms. The molecule has 0 fully saturated rings. The van der Waals surface area contributed by atoms with Crippen molar-refractivity contribution < 1.29 is 9.72 Å². The average Bonchev–Trinajstić information content (AvgIpc) is 2.19. The zero-order valence-corrected chi connectivity index (χ0v) is 9.58. The van der Waals surface area contributed by atoms with Crippen molar-refractivity contribution in [1.29, 1.82) is 0 Å². The first-order valence-electron chi connectivity index (χ1n) is 4.11. The van der Waals surface area contributed by atoms with Crippen LogP contribution in [0.15, 0.2) is 12.1 Å². The van der Waals surface area contributed by atoms with E-state index in [0.29, 0.717) is 5.56 Å². The van der Waals surface area contributed by atoms with Gasteiger partial charge in [-0.3, -0.25) is 14.9 Å². The fourth-order valence-electron chi connectivity index (χ4n) is 1.31. The summed E-state index contributed by atoms with van der Waals surface area (Å²) >= 11 is 2.97. The summed E-state index contributed by atoms with van der Waals surface area (Å²) in [6, 6.07) is 3.02.